The van der Waals surface area contributed by atoms with Gasteiger partial charge in [-0.15, -0.1) is 0 Å². The summed E-state index contributed by atoms with van der Waals surface area (Å²) in [6.45, 7) is 1.99. The smallest absolute Gasteiger partial charge is 0.347 e. The van der Waals surface area contributed by atoms with Gasteiger partial charge in [-0.1, -0.05) is 30.3 Å². The maximum Gasteiger partial charge on any atom is 0.347 e. The van der Waals surface area contributed by atoms with Crippen LogP contribution in [0.5, 0.6) is 11.5 Å². The Kier molecular flexibility index (Phi) is 2.95. The molecule has 1 aliphatic rings. The maximum absolute atomic E-state index is 12.2. The second-order valence-electron chi connectivity index (χ2n) is 4.63. The molecule has 3 heteroatoms. The van der Waals surface area contributed by atoms with Crippen molar-refractivity contribution in [1.29, 1.82) is 0 Å². The highest BCUT2D eigenvalue weighted by atomic mass is 16.5. The molecule has 0 aliphatic carbocycles. The largest absolute Gasteiger partial charge is 0.489 e. The van der Waals surface area contributed by atoms with Crippen LogP contribution in [0.2, 0.25) is 0 Å². The SMILES string of the molecule is CC1Cc2cccc(C(=O)Oc3ccccc3)c2O1. The molecule has 0 spiro atoms. The van der Waals surface area contributed by atoms with E-state index in [-0.39, 0.29) is 12.1 Å². The molecule has 0 amide bonds. The first-order valence-electron chi connectivity index (χ1n) is 6.30. The highest BCUT2D eigenvalue weighted by Crippen LogP contribution is 2.33. The molecule has 3 nitrogen and oxygen atoms in total. The van der Waals surface area contributed by atoms with E-state index in [4.69, 9.17) is 9.47 Å². The van der Waals surface area contributed by atoms with Crippen LogP contribution >= 0.6 is 0 Å². The normalized spacial score (nSPS) is 16.6. The summed E-state index contributed by atoms with van der Waals surface area (Å²) in [7, 11) is 0. The van der Waals surface area contributed by atoms with Crippen molar-refractivity contribution < 1.29 is 14.3 Å². The van der Waals surface area contributed by atoms with E-state index in [1.165, 1.54) is 0 Å². The molecule has 19 heavy (non-hydrogen) atoms. The minimum absolute atomic E-state index is 0.112. The van der Waals surface area contributed by atoms with Gasteiger partial charge in [0.25, 0.3) is 0 Å². The van der Waals surface area contributed by atoms with Gasteiger partial charge in [0.2, 0.25) is 0 Å². The van der Waals surface area contributed by atoms with E-state index in [1.54, 1.807) is 18.2 Å². The van der Waals surface area contributed by atoms with Gasteiger partial charge < -0.3 is 9.47 Å². The van der Waals surface area contributed by atoms with E-state index in [2.05, 4.69) is 0 Å². The molecule has 1 heterocycles. The lowest BCUT2D eigenvalue weighted by atomic mass is 10.1. The number of ether oxygens (including phenoxy) is 2. The molecule has 3 rings (SSSR count). The number of benzene rings is 2. The Morgan fingerprint density at radius 3 is 2.74 bits per heavy atom. The molecule has 0 fully saturated rings. The van der Waals surface area contributed by atoms with E-state index in [0.717, 1.165) is 12.0 Å². The Hall–Kier alpha value is -2.29. The summed E-state index contributed by atoms with van der Waals surface area (Å²) in [4.78, 5) is 12.2. The number of fused-ring (bicyclic) bond motifs is 1. The lowest BCUT2D eigenvalue weighted by Gasteiger charge is -2.09. The zero-order valence-electron chi connectivity index (χ0n) is 10.6. The molecule has 1 aliphatic heterocycles. The van der Waals surface area contributed by atoms with Crippen molar-refractivity contribution in [3.63, 3.8) is 0 Å². The molecule has 0 N–H and O–H groups in total. The topological polar surface area (TPSA) is 35.5 Å². The Morgan fingerprint density at radius 1 is 1.16 bits per heavy atom. The van der Waals surface area contributed by atoms with Crippen molar-refractivity contribution in [3.8, 4) is 11.5 Å². The van der Waals surface area contributed by atoms with Crippen LogP contribution in [0.1, 0.15) is 22.8 Å². The number of hydrogen-bond donors (Lipinski definition) is 0. The van der Waals surface area contributed by atoms with Gasteiger partial charge in [-0.05, 0) is 30.7 Å². The Labute approximate surface area is 111 Å². The number of hydrogen-bond acceptors (Lipinski definition) is 3. The minimum atomic E-state index is -0.378. The fraction of sp³-hybridized carbons (Fsp3) is 0.188. The predicted octanol–water partition coefficient (Wildman–Crippen LogP) is 3.23. The van der Waals surface area contributed by atoms with Crippen LogP contribution in [0.3, 0.4) is 0 Å². The molecule has 1 atom stereocenters. The van der Waals surface area contributed by atoms with Crippen LogP contribution in [0.4, 0.5) is 0 Å². The molecule has 1 unspecified atom stereocenters. The van der Waals surface area contributed by atoms with Gasteiger partial charge in [-0.25, -0.2) is 4.79 Å². The molecule has 0 radical (unpaired) electrons. The Balaban J connectivity index is 1.88. The fourth-order valence-corrected chi connectivity index (χ4v) is 2.25. The van der Waals surface area contributed by atoms with Crippen LogP contribution in [-0.4, -0.2) is 12.1 Å². The molecule has 0 aromatic heterocycles. The first-order chi connectivity index (χ1) is 9.24. The molecule has 0 saturated carbocycles. The van der Waals surface area contributed by atoms with E-state index < -0.39 is 0 Å². The Morgan fingerprint density at radius 2 is 1.95 bits per heavy atom. The third-order valence-corrected chi connectivity index (χ3v) is 3.10. The van der Waals surface area contributed by atoms with Crippen LogP contribution in [-0.2, 0) is 6.42 Å². The molecule has 2 aromatic rings. The summed E-state index contributed by atoms with van der Waals surface area (Å²) in [6.07, 6.45) is 0.947. The summed E-state index contributed by atoms with van der Waals surface area (Å²) in [6, 6.07) is 14.6. The van der Waals surface area contributed by atoms with Crippen molar-refractivity contribution >= 4 is 5.97 Å². The van der Waals surface area contributed by atoms with Crippen molar-refractivity contribution in [2.45, 2.75) is 19.4 Å². The quantitative estimate of drug-likeness (QED) is 0.609. The minimum Gasteiger partial charge on any atom is -0.489 e. The molecule has 0 bridgehead atoms. The lowest BCUT2D eigenvalue weighted by molar-refractivity contribution is 0.0730. The molecule has 96 valence electrons. The average molecular weight is 254 g/mol. The van der Waals surface area contributed by atoms with Crippen molar-refractivity contribution in [1.82, 2.24) is 0 Å². The summed E-state index contributed by atoms with van der Waals surface area (Å²) >= 11 is 0. The van der Waals surface area contributed by atoms with Gasteiger partial charge in [-0.2, -0.15) is 0 Å². The van der Waals surface area contributed by atoms with Gasteiger partial charge in [0.15, 0.2) is 0 Å². The average Bonchev–Trinajstić information content (AvgIpc) is 2.79. The van der Waals surface area contributed by atoms with E-state index >= 15 is 0 Å². The van der Waals surface area contributed by atoms with Gasteiger partial charge in [0, 0.05) is 6.42 Å². The lowest BCUT2D eigenvalue weighted by Crippen LogP contribution is -2.11. The third-order valence-electron chi connectivity index (χ3n) is 3.10. The summed E-state index contributed by atoms with van der Waals surface area (Å²) < 4.78 is 11.0. The van der Waals surface area contributed by atoms with Crippen molar-refractivity contribution in [2.24, 2.45) is 0 Å². The van der Waals surface area contributed by atoms with Gasteiger partial charge >= 0.3 is 5.97 Å². The fourth-order valence-electron chi connectivity index (χ4n) is 2.25. The summed E-state index contributed by atoms with van der Waals surface area (Å²) in [5, 5.41) is 0. The van der Waals surface area contributed by atoms with E-state index in [1.807, 2.05) is 37.3 Å². The highest BCUT2D eigenvalue weighted by molar-refractivity contribution is 5.94. The zero-order chi connectivity index (χ0) is 13.2. The second kappa shape index (κ2) is 4.76. The predicted molar refractivity (Wildman–Crippen MR) is 71.6 cm³/mol. The van der Waals surface area contributed by atoms with E-state index in [9.17, 15) is 4.79 Å². The maximum atomic E-state index is 12.2. The molecular formula is C16H14O3. The standard InChI is InChI=1S/C16H14O3/c1-11-10-12-6-5-9-14(15(12)18-11)16(17)19-13-7-3-2-4-8-13/h2-9,11H,10H2,1H3. The zero-order valence-corrected chi connectivity index (χ0v) is 10.6. The van der Waals surface area contributed by atoms with Gasteiger partial charge in [0.05, 0.1) is 0 Å². The van der Waals surface area contributed by atoms with Crippen LogP contribution in [0, 0.1) is 0 Å². The van der Waals surface area contributed by atoms with Crippen LogP contribution in [0.15, 0.2) is 48.5 Å². The first-order valence-corrected chi connectivity index (χ1v) is 6.30. The van der Waals surface area contributed by atoms with Crippen molar-refractivity contribution in [3.05, 3.63) is 59.7 Å². The van der Waals surface area contributed by atoms with Crippen LogP contribution < -0.4 is 9.47 Å². The highest BCUT2D eigenvalue weighted by Gasteiger charge is 2.25. The van der Waals surface area contributed by atoms with Gasteiger partial charge in [0.1, 0.15) is 23.2 Å². The number of carbonyl (C=O) groups excluding carboxylic acids is 1. The first kappa shape index (κ1) is 11.8. The number of carbonyl (C=O) groups is 1. The number of para-hydroxylation sites is 2. The van der Waals surface area contributed by atoms with Crippen molar-refractivity contribution in [2.75, 3.05) is 0 Å². The summed E-state index contributed by atoms with van der Waals surface area (Å²) in [5.74, 6) is 0.823. The molecular weight excluding hydrogens is 240 g/mol. The summed E-state index contributed by atoms with van der Waals surface area (Å²) in [5.41, 5.74) is 1.56. The van der Waals surface area contributed by atoms with E-state index in [0.29, 0.717) is 17.1 Å². The molecule has 0 saturated heterocycles. The third kappa shape index (κ3) is 2.32. The Bertz CT molecular complexity index is 605. The second-order valence-corrected chi connectivity index (χ2v) is 4.63. The van der Waals surface area contributed by atoms with Crippen LogP contribution in [0.25, 0.3) is 0 Å². The number of esters is 1. The monoisotopic (exact) mass is 254 g/mol. The van der Waals surface area contributed by atoms with Gasteiger partial charge in [-0.3, -0.25) is 0 Å². The number of rotatable bonds is 2. The molecule has 2 aromatic carbocycles.